The monoisotopic (exact) mass is 365 g/mol. The molecule has 0 spiro atoms. The summed E-state index contributed by atoms with van der Waals surface area (Å²) in [5.74, 6) is 0.0564. The molecule has 0 aliphatic carbocycles. The lowest BCUT2D eigenvalue weighted by Gasteiger charge is -2.20. The Morgan fingerprint density at radius 2 is 1.85 bits per heavy atom. The minimum absolute atomic E-state index is 0.0580. The number of anilines is 2. The highest BCUT2D eigenvalue weighted by atomic mass is 16.2. The largest absolute Gasteiger partial charge is 0.325 e. The molecule has 27 heavy (non-hydrogen) atoms. The molecule has 0 saturated heterocycles. The molecule has 2 aromatic carbocycles. The summed E-state index contributed by atoms with van der Waals surface area (Å²) in [6.07, 6.45) is 2.19. The molecule has 0 radical (unpaired) electrons. The average molecular weight is 365 g/mol. The maximum Gasteiger partial charge on any atom is 0.238 e. The fourth-order valence-corrected chi connectivity index (χ4v) is 3.48. The number of nitrogens with zero attached hydrogens (tertiary/aromatic N) is 2. The number of aryl methyl sites for hydroxylation is 1. The number of rotatable bonds is 7. The van der Waals surface area contributed by atoms with Crippen LogP contribution >= 0.6 is 0 Å². The first-order valence-electron chi connectivity index (χ1n) is 9.53. The van der Waals surface area contributed by atoms with Crippen molar-refractivity contribution in [2.75, 3.05) is 36.9 Å². The van der Waals surface area contributed by atoms with Crippen molar-refractivity contribution in [2.24, 2.45) is 0 Å². The molecule has 1 heterocycles. The highest BCUT2D eigenvalue weighted by Crippen LogP contribution is 2.27. The molecular formula is C22H27N3O2. The Hall–Kier alpha value is -2.66. The van der Waals surface area contributed by atoms with Crippen LogP contribution in [0.1, 0.15) is 24.5 Å². The van der Waals surface area contributed by atoms with E-state index >= 15 is 0 Å². The van der Waals surface area contributed by atoms with Gasteiger partial charge >= 0.3 is 0 Å². The highest BCUT2D eigenvalue weighted by molar-refractivity contribution is 5.96. The Labute approximate surface area is 161 Å². The van der Waals surface area contributed by atoms with Gasteiger partial charge in [0.2, 0.25) is 11.8 Å². The zero-order valence-corrected chi connectivity index (χ0v) is 16.1. The fraction of sp³-hybridized carbons (Fsp3) is 0.364. The van der Waals surface area contributed by atoms with Crippen LogP contribution in [0, 0.1) is 0 Å². The lowest BCUT2D eigenvalue weighted by Crippen LogP contribution is -2.35. The maximum atomic E-state index is 12.6. The number of hydrogen-bond donors (Lipinski definition) is 1. The second-order valence-corrected chi connectivity index (χ2v) is 6.97. The van der Waals surface area contributed by atoms with Crippen LogP contribution in [0.5, 0.6) is 0 Å². The Balaban J connectivity index is 1.47. The second kappa shape index (κ2) is 8.82. The first-order valence-corrected chi connectivity index (χ1v) is 9.53. The summed E-state index contributed by atoms with van der Waals surface area (Å²) >= 11 is 0. The average Bonchev–Trinajstić information content (AvgIpc) is 3.10. The molecule has 1 N–H and O–H groups in total. The Kier molecular flexibility index (Phi) is 6.24. The van der Waals surface area contributed by atoms with E-state index in [4.69, 9.17) is 0 Å². The number of carbonyl (C=O) groups is 2. The van der Waals surface area contributed by atoms with Gasteiger partial charge in [0.15, 0.2) is 0 Å². The van der Waals surface area contributed by atoms with Crippen LogP contribution in [0.2, 0.25) is 0 Å². The maximum absolute atomic E-state index is 12.6. The molecule has 1 aliphatic rings. The molecule has 0 saturated carbocycles. The van der Waals surface area contributed by atoms with Gasteiger partial charge in [0.1, 0.15) is 0 Å². The normalized spacial score (nSPS) is 12.9. The van der Waals surface area contributed by atoms with Gasteiger partial charge in [-0.1, -0.05) is 43.3 Å². The zero-order valence-electron chi connectivity index (χ0n) is 16.1. The zero-order chi connectivity index (χ0) is 19.2. The summed E-state index contributed by atoms with van der Waals surface area (Å²) in [5, 5.41) is 2.97. The highest BCUT2D eigenvalue weighted by Gasteiger charge is 2.24. The van der Waals surface area contributed by atoms with Crippen molar-refractivity contribution in [2.45, 2.75) is 26.2 Å². The third-order valence-electron chi connectivity index (χ3n) is 4.98. The lowest BCUT2D eigenvalue weighted by atomic mass is 10.1. The van der Waals surface area contributed by atoms with E-state index in [1.165, 1.54) is 5.56 Å². The van der Waals surface area contributed by atoms with E-state index in [-0.39, 0.29) is 18.4 Å². The van der Waals surface area contributed by atoms with Crippen molar-refractivity contribution in [3.8, 4) is 0 Å². The van der Waals surface area contributed by atoms with Gasteiger partial charge in [-0.15, -0.1) is 0 Å². The first-order chi connectivity index (χ1) is 13.1. The van der Waals surface area contributed by atoms with E-state index < -0.39 is 0 Å². The van der Waals surface area contributed by atoms with Crippen molar-refractivity contribution >= 4 is 23.2 Å². The predicted molar refractivity (Wildman–Crippen MR) is 109 cm³/mol. The van der Waals surface area contributed by atoms with E-state index in [0.29, 0.717) is 13.0 Å². The smallest absolute Gasteiger partial charge is 0.238 e. The molecule has 2 aromatic rings. The van der Waals surface area contributed by atoms with Crippen molar-refractivity contribution in [1.29, 1.82) is 0 Å². The number of nitrogens with one attached hydrogen (secondary N) is 1. The van der Waals surface area contributed by atoms with Gasteiger partial charge in [-0.05, 0) is 43.1 Å². The van der Waals surface area contributed by atoms with Crippen molar-refractivity contribution in [3.05, 3.63) is 59.7 Å². The van der Waals surface area contributed by atoms with Crippen LogP contribution in [0.15, 0.2) is 48.5 Å². The summed E-state index contributed by atoms with van der Waals surface area (Å²) in [6, 6.07) is 15.9. The van der Waals surface area contributed by atoms with E-state index in [1.807, 2.05) is 59.3 Å². The number of amides is 2. The summed E-state index contributed by atoms with van der Waals surface area (Å²) in [6.45, 7) is 3.64. The molecule has 0 fully saturated rings. The molecule has 2 amide bonds. The number of para-hydroxylation sites is 2. The molecule has 0 aromatic heterocycles. The van der Waals surface area contributed by atoms with Crippen LogP contribution in [-0.2, 0) is 22.4 Å². The Morgan fingerprint density at radius 3 is 2.67 bits per heavy atom. The Morgan fingerprint density at radius 1 is 1.11 bits per heavy atom. The van der Waals surface area contributed by atoms with Crippen molar-refractivity contribution in [3.63, 3.8) is 0 Å². The van der Waals surface area contributed by atoms with Crippen LogP contribution < -0.4 is 10.2 Å². The molecule has 0 unspecified atom stereocenters. The van der Waals surface area contributed by atoms with E-state index in [2.05, 4.69) is 18.3 Å². The fourth-order valence-electron chi connectivity index (χ4n) is 3.48. The van der Waals surface area contributed by atoms with Gasteiger partial charge in [-0.25, -0.2) is 0 Å². The van der Waals surface area contributed by atoms with Crippen LogP contribution in [-0.4, -0.2) is 43.4 Å². The van der Waals surface area contributed by atoms with Crippen LogP contribution in [0.25, 0.3) is 0 Å². The number of likely N-dealkylation sites (N-methyl/N-ethyl adjacent to an activating group) is 1. The van der Waals surface area contributed by atoms with Crippen molar-refractivity contribution < 1.29 is 9.59 Å². The first kappa shape index (κ1) is 19.1. The van der Waals surface area contributed by atoms with Crippen LogP contribution in [0.4, 0.5) is 11.4 Å². The molecular weight excluding hydrogens is 338 g/mol. The molecule has 0 bridgehead atoms. The summed E-state index contributed by atoms with van der Waals surface area (Å²) in [5.41, 5.74) is 4.24. The second-order valence-electron chi connectivity index (χ2n) is 6.97. The number of carbonyl (C=O) groups excluding carboxylic acids is 2. The SMILES string of the molecule is CCc1ccccc1NC(=O)CN(C)CCC(=O)N1CCc2ccccc21. The summed E-state index contributed by atoms with van der Waals surface area (Å²) in [7, 11) is 1.87. The number of hydrogen-bond acceptors (Lipinski definition) is 3. The molecule has 5 heteroatoms. The molecule has 5 nitrogen and oxygen atoms in total. The van der Waals surface area contributed by atoms with Gasteiger partial charge in [0.05, 0.1) is 6.54 Å². The van der Waals surface area contributed by atoms with Crippen LogP contribution in [0.3, 0.4) is 0 Å². The van der Waals surface area contributed by atoms with E-state index in [1.54, 1.807) is 0 Å². The predicted octanol–water partition coefficient (Wildman–Crippen LogP) is 3.10. The topological polar surface area (TPSA) is 52.7 Å². The van der Waals surface area contributed by atoms with Gasteiger partial charge < -0.3 is 10.2 Å². The van der Waals surface area contributed by atoms with Crippen molar-refractivity contribution in [1.82, 2.24) is 4.90 Å². The molecule has 0 atom stereocenters. The molecule has 3 rings (SSSR count). The minimum atomic E-state index is -0.0580. The Bertz CT molecular complexity index is 819. The van der Waals surface area contributed by atoms with E-state index in [0.717, 1.165) is 36.3 Å². The summed E-state index contributed by atoms with van der Waals surface area (Å²) < 4.78 is 0. The van der Waals surface area contributed by atoms with Gasteiger partial charge in [0.25, 0.3) is 0 Å². The standard InChI is InChI=1S/C22H27N3O2/c1-3-17-8-4-6-10-19(17)23-21(26)16-24(2)14-13-22(27)25-15-12-18-9-5-7-11-20(18)25/h4-11H,3,12-16H2,1-2H3,(H,23,26). The lowest BCUT2D eigenvalue weighted by molar-refractivity contribution is -0.120. The minimum Gasteiger partial charge on any atom is -0.325 e. The molecule has 142 valence electrons. The third-order valence-corrected chi connectivity index (χ3v) is 4.98. The number of benzene rings is 2. The van der Waals surface area contributed by atoms with Gasteiger partial charge in [-0.3, -0.25) is 14.5 Å². The van der Waals surface area contributed by atoms with Gasteiger partial charge in [-0.2, -0.15) is 0 Å². The quantitative estimate of drug-likeness (QED) is 0.820. The summed E-state index contributed by atoms with van der Waals surface area (Å²) in [4.78, 5) is 28.6. The number of fused-ring (bicyclic) bond motifs is 1. The van der Waals surface area contributed by atoms with Gasteiger partial charge in [0, 0.05) is 30.9 Å². The third kappa shape index (κ3) is 4.74. The molecule has 1 aliphatic heterocycles. The van der Waals surface area contributed by atoms with E-state index in [9.17, 15) is 9.59 Å².